The molecule has 1 aromatic carbocycles. The molecule has 6 heteroatoms. The number of allylic oxidation sites excluding steroid dienone is 1. The molecule has 0 saturated carbocycles. The molecule has 1 amide bonds. The first-order chi connectivity index (χ1) is 16.4. The van der Waals surface area contributed by atoms with E-state index < -0.39 is 0 Å². The van der Waals surface area contributed by atoms with Crippen LogP contribution >= 0.6 is 0 Å². The van der Waals surface area contributed by atoms with Crippen LogP contribution in [0.3, 0.4) is 0 Å². The second-order valence-corrected chi connectivity index (χ2v) is 10.3. The lowest BCUT2D eigenvalue weighted by atomic mass is 9.92. The predicted octanol–water partition coefficient (Wildman–Crippen LogP) is 6.10. The number of benzene rings is 1. The van der Waals surface area contributed by atoms with E-state index in [2.05, 4.69) is 54.4 Å². The molecule has 1 atom stereocenters. The fourth-order valence-corrected chi connectivity index (χ4v) is 4.37. The monoisotopic (exact) mass is 460 g/mol. The number of aromatic nitrogens is 2. The molecule has 0 saturated heterocycles. The van der Waals surface area contributed by atoms with E-state index in [1.54, 1.807) is 0 Å². The minimum Gasteiger partial charge on any atom is -0.494 e. The Hall–Kier alpha value is -3.28. The number of rotatable bonds is 9. The normalized spacial score (nSPS) is 16.1. The number of aromatic amines is 1. The maximum absolute atomic E-state index is 12.4. The number of carbonyl (C=O) groups excluding carboxylic acids is 1. The van der Waals surface area contributed by atoms with E-state index in [9.17, 15) is 4.79 Å². The summed E-state index contributed by atoms with van der Waals surface area (Å²) in [6, 6.07) is 13.6. The number of ether oxygens (including phenoxy) is 1. The molecule has 34 heavy (non-hydrogen) atoms. The van der Waals surface area contributed by atoms with Crippen molar-refractivity contribution in [1.29, 1.82) is 0 Å². The van der Waals surface area contributed by atoms with Gasteiger partial charge < -0.3 is 19.9 Å². The lowest BCUT2D eigenvalue weighted by molar-refractivity contribution is -0.116. The third kappa shape index (κ3) is 6.62. The molecule has 6 nitrogen and oxygen atoms in total. The summed E-state index contributed by atoms with van der Waals surface area (Å²) < 4.78 is 5.69. The van der Waals surface area contributed by atoms with Gasteiger partial charge in [-0.05, 0) is 55.1 Å². The van der Waals surface area contributed by atoms with Crippen LogP contribution in [0.25, 0.3) is 11.0 Å². The molecule has 0 bridgehead atoms. The molecular formula is C28H36N4O2. The van der Waals surface area contributed by atoms with Crippen molar-refractivity contribution in [2.24, 2.45) is 5.41 Å². The first kappa shape index (κ1) is 23.9. The number of nitrogens with zero attached hydrogens (tertiary/aromatic N) is 2. The van der Waals surface area contributed by atoms with Gasteiger partial charge in [-0.2, -0.15) is 0 Å². The van der Waals surface area contributed by atoms with Crippen LogP contribution in [0.15, 0.2) is 60.9 Å². The van der Waals surface area contributed by atoms with Crippen molar-refractivity contribution in [3.05, 3.63) is 66.5 Å². The van der Waals surface area contributed by atoms with Gasteiger partial charge in [0, 0.05) is 37.2 Å². The van der Waals surface area contributed by atoms with E-state index in [4.69, 9.17) is 9.72 Å². The molecule has 1 aliphatic rings. The predicted molar refractivity (Wildman–Crippen MR) is 138 cm³/mol. The van der Waals surface area contributed by atoms with Crippen molar-refractivity contribution in [3.63, 3.8) is 0 Å². The van der Waals surface area contributed by atoms with Gasteiger partial charge in [-0.25, -0.2) is 4.98 Å². The SMILES string of the molecule is CC(C)(C)CN1C=CC(c2c[nH]c3ccc(NC(=O)CCCCOc4ccccc4)nc23)CC1. The minimum absolute atomic E-state index is 0.0148. The van der Waals surface area contributed by atoms with E-state index in [-0.39, 0.29) is 11.3 Å². The highest BCUT2D eigenvalue weighted by atomic mass is 16.5. The van der Waals surface area contributed by atoms with E-state index in [1.165, 1.54) is 5.56 Å². The van der Waals surface area contributed by atoms with Gasteiger partial charge in [-0.3, -0.25) is 4.79 Å². The summed E-state index contributed by atoms with van der Waals surface area (Å²) in [4.78, 5) is 23.0. The number of fused-ring (bicyclic) bond motifs is 1. The number of carbonyl (C=O) groups is 1. The quantitative estimate of drug-likeness (QED) is 0.379. The Balaban J connectivity index is 1.30. The molecule has 1 unspecified atom stereocenters. The van der Waals surface area contributed by atoms with Crippen LogP contribution in [0.1, 0.15) is 57.9 Å². The van der Waals surface area contributed by atoms with Crippen molar-refractivity contribution in [1.82, 2.24) is 14.9 Å². The summed E-state index contributed by atoms with van der Waals surface area (Å²) in [5.74, 6) is 1.78. The molecule has 4 rings (SSSR count). The molecule has 0 spiro atoms. The molecule has 3 heterocycles. The average Bonchev–Trinajstić information content (AvgIpc) is 3.22. The standard InChI is InChI=1S/C28H36N4O2/c1-28(2,3)20-32-16-14-21(15-17-32)23-19-29-24-12-13-25(31-27(23)24)30-26(33)11-7-8-18-34-22-9-5-4-6-10-22/h4-6,9-10,12-14,16,19,21,29H,7-8,11,15,17-18,20H2,1-3H3,(H,30,31,33). The van der Waals surface area contributed by atoms with Crippen LogP contribution in [0.2, 0.25) is 0 Å². The van der Waals surface area contributed by atoms with Gasteiger partial charge in [0.05, 0.1) is 17.6 Å². The van der Waals surface area contributed by atoms with Gasteiger partial charge in [0.15, 0.2) is 0 Å². The van der Waals surface area contributed by atoms with Crippen molar-refractivity contribution in [2.45, 2.75) is 52.4 Å². The third-order valence-electron chi connectivity index (χ3n) is 5.96. The number of amides is 1. The molecule has 0 fully saturated rings. The van der Waals surface area contributed by atoms with Gasteiger partial charge in [-0.1, -0.05) is 45.0 Å². The Morgan fingerprint density at radius 1 is 1.18 bits per heavy atom. The Labute approximate surface area is 202 Å². The summed E-state index contributed by atoms with van der Waals surface area (Å²) in [5.41, 5.74) is 3.40. The first-order valence-corrected chi connectivity index (χ1v) is 12.3. The fourth-order valence-electron chi connectivity index (χ4n) is 4.37. The molecule has 2 N–H and O–H groups in total. The van der Waals surface area contributed by atoms with Crippen LogP contribution in [0, 0.1) is 5.41 Å². The summed E-state index contributed by atoms with van der Waals surface area (Å²) in [7, 11) is 0. The number of H-pyrrole nitrogens is 1. The van der Waals surface area contributed by atoms with E-state index in [1.807, 2.05) is 42.5 Å². The summed E-state index contributed by atoms with van der Waals surface area (Å²) >= 11 is 0. The topological polar surface area (TPSA) is 70.2 Å². The summed E-state index contributed by atoms with van der Waals surface area (Å²) in [5, 5.41) is 2.96. The molecule has 1 aliphatic heterocycles. The highest BCUT2D eigenvalue weighted by Crippen LogP contribution is 2.32. The Kier molecular flexibility index (Phi) is 7.56. The van der Waals surface area contributed by atoms with Crippen LogP contribution < -0.4 is 10.1 Å². The average molecular weight is 461 g/mol. The largest absolute Gasteiger partial charge is 0.494 e. The number of pyridine rings is 1. The fraction of sp³-hybridized carbons (Fsp3) is 0.429. The van der Waals surface area contributed by atoms with Crippen molar-refractivity contribution < 1.29 is 9.53 Å². The van der Waals surface area contributed by atoms with Gasteiger partial charge in [-0.15, -0.1) is 0 Å². The summed E-state index contributed by atoms with van der Waals surface area (Å²) in [6.07, 6.45) is 9.68. The lowest BCUT2D eigenvalue weighted by Gasteiger charge is -2.33. The zero-order chi connectivity index (χ0) is 24.0. The van der Waals surface area contributed by atoms with Crippen molar-refractivity contribution in [3.8, 4) is 5.75 Å². The second kappa shape index (κ2) is 10.8. The van der Waals surface area contributed by atoms with Crippen molar-refractivity contribution in [2.75, 3.05) is 25.0 Å². The van der Waals surface area contributed by atoms with Gasteiger partial charge in [0.2, 0.25) is 5.91 Å². The number of hydrogen-bond donors (Lipinski definition) is 2. The zero-order valence-corrected chi connectivity index (χ0v) is 20.5. The Morgan fingerprint density at radius 3 is 2.74 bits per heavy atom. The molecule has 0 radical (unpaired) electrons. The zero-order valence-electron chi connectivity index (χ0n) is 20.5. The maximum Gasteiger partial charge on any atom is 0.225 e. The highest BCUT2D eigenvalue weighted by Gasteiger charge is 2.22. The van der Waals surface area contributed by atoms with Crippen molar-refractivity contribution >= 4 is 22.8 Å². The van der Waals surface area contributed by atoms with Gasteiger partial charge in [0.25, 0.3) is 0 Å². The first-order valence-electron chi connectivity index (χ1n) is 12.3. The van der Waals surface area contributed by atoms with Gasteiger partial charge >= 0.3 is 0 Å². The number of nitrogens with one attached hydrogen (secondary N) is 2. The minimum atomic E-state index is -0.0148. The van der Waals surface area contributed by atoms with Crippen LogP contribution in [0.5, 0.6) is 5.75 Å². The second-order valence-electron chi connectivity index (χ2n) is 10.3. The Morgan fingerprint density at radius 2 is 2.00 bits per heavy atom. The van der Waals surface area contributed by atoms with E-state index in [0.29, 0.717) is 24.8 Å². The molecule has 180 valence electrons. The summed E-state index contributed by atoms with van der Waals surface area (Å²) in [6.45, 7) is 9.50. The van der Waals surface area contributed by atoms with E-state index in [0.717, 1.165) is 49.1 Å². The van der Waals surface area contributed by atoms with Crippen LogP contribution in [-0.4, -0.2) is 40.5 Å². The Bertz CT molecular complexity index is 1110. The molecule has 3 aromatic rings. The van der Waals surface area contributed by atoms with Crippen LogP contribution in [0.4, 0.5) is 5.82 Å². The molecular weight excluding hydrogens is 424 g/mol. The smallest absolute Gasteiger partial charge is 0.225 e. The number of hydrogen-bond acceptors (Lipinski definition) is 4. The maximum atomic E-state index is 12.4. The van der Waals surface area contributed by atoms with Gasteiger partial charge in [0.1, 0.15) is 11.6 Å². The van der Waals surface area contributed by atoms with Crippen LogP contribution in [-0.2, 0) is 4.79 Å². The lowest BCUT2D eigenvalue weighted by Crippen LogP contribution is -2.32. The highest BCUT2D eigenvalue weighted by molar-refractivity contribution is 5.91. The third-order valence-corrected chi connectivity index (χ3v) is 5.96. The molecule has 0 aliphatic carbocycles. The molecule has 2 aromatic heterocycles. The number of para-hydroxylation sites is 1. The van der Waals surface area contributed by atoms with E-state index >= 15 is 0 Å². The number of anilines is 1. The number of unbranched alkanes of at least 4 members (excludes halogenated alkanes) is 1.